The summed E-state index contributed by atoms with van der Waals surface area (Å²) in [6.45, 7) is -0.333. The van der Waals surface area contributed by atoms with E-state index < -0.39 is 11.8 Å². The first kappa shape index (κ1) is 18.1. The third kappa shape index (κ3) is 4.68. The van der Waals surface area contributed by atoms with Gasteiger partial charge in [0, 0.05) is 12.2 Å². The number of rotatable bonds is 5. The standard InChI is InChI=1S/C19H22FN3O3/c20-16-9-5-6-10-17(16)23-12-14(11-21-23)19(25)26-13-18(24)22-15-7-3-1-2-4-8-15/h5-6,9-12,15H,1-4,7-8,13H2,(H,22,24). The van der Waals surface area contributed by atoms with E-state index in [9.17, 15) is 14.0 Å². The van der Waals surface area contributed by atoms with Gasteiger partial charge in [-0.25, -0.2) is 13.9 Å². The SMILES string of the molecule is O=C(COC(=O)c1cnn(-c2ccccc2F)c1)NC1CCCCCC1. The van der Waals surface area contributed by atoms with Gasteiger partial charge in [0.25, 0.3) is 5.91 Å². The predicted molar refractivity (Wildman–Crippen MR) is 93.4 cm³/mol. The Morgan fingerprint density at radius 1 is 1.19 bits per heavy atom. The lowest BCUT2D eigenvalue weighted by Crippen LogP contribution is -2.37. The van der Waals surface area contributed by atoms with E-state index >= 15 is 0 Å². The minimum Gasteiger partial charge on any atom is -0.452 e. The molecule has 1 aliphatic rings. The molecule has 1 amide bonds. The average Bonchev–Trinajstić information content (AvgIpc) is 2.99. The minimum absolute atomic E-state index is 0.160. The first-order valence-corrected chi connectivity index (χ1v) is 8.89. The van der Waals surface area contributed by atoms with Crippen LogP contribution in [0.15, 0.2) is 36.7 Å². The Kier molecular flexibility index (Phi) is 5.99. The molecular formula is C19H22FN3O3. The summed E-state index contributed by atoms with van der Waals surface area (Å²) >= 11 is 0. The summed E-state index contributed by atoms with van der Waals surface area (Å²) in [5.74, 6) is -1.41. The molecule has 1 aromatic heterocycles. The molecule has 1 aromatic carbocycles. The number of amides is 1. The van der Waals surface area contributed by atoms with Crippen LogP contribution >= 0.6 is 0 Å². The maximum Gasteiger partial charge on any atom is 0.341 e. The molecule has 138 valence electrons. The molecule has 0 spiro atoms. The van der Waals surface area contributed by atoms with Crippen LogP contribution in [0.4, 0.5) is 4.39 Å². The Morgan fingerprint density at radius 2 is 1.92 bits per heavy atom. The molecule has 7 heteroatoms. The van der Waals surface area contributed by atoms with Gasteiger partial charge in [-0.2, -0.15) is 5.10 Å². The lowest BCUT2D eigenvalue weighted by atomic mass is 10.1. The van der Waals surface area contributed by atoms with Crippen LogP contribution in [0.25, 0.3) is 5.69 Å². The van der Waals surface area contributed by atoms with Crippen LogP contribution in [0, 0.1) is 5.82 Å². The third-order valence-electron chi connectivity index (χ3n) is 4.47. The number of nitrogens with zero attached hydrogens (tertiary/aromatic N) is 2. The summed E-state index contributed by atoms with van der Waals surface area (Å²) in [4.78, 5) is 24.0. The van der Waals surface area contributed by atoms with Crippen LogP contribution in [0.5, 0.6) is 0 Å². The van der Waals surface area contributed by atoms with Crippen molar-refractivity contribution in [1.29, 1.82) is 0 Å². The Hall–Kier alpha value is -2.70. The molecule has 6 nitrogen and oxygen atoms in total. The highest BCUT2D eigenvalue weighted by Crippen LogP contribution is 2.17. The number of halogens is 1. The van der Waals surface area contributed by atoms with Gasteiger partial charge in [-0.1, -0.05) is 37.8 Å². The van der Waals surface area contributed by atoms with E-state index in [-0.39, 0.29) is 29.8 Å². The normalized spacial score (nSPS) is 15.3. The van der Waals surface area contributed by atoms with E-state index in [1.165, 1.54) is 36.0 Å². The van der Waals surface area contributed by atoms with Crippen molar-refractivity contribution in [3.8, 4) is 5.69 Å². The third-order valence-corrected chi connectivity index (χ3v) is 4.47. The number of carbonyl (C=O) groups is 2. The van der Waals surface area contributed by atoms with E-state index in [4.69, 9.17) is 4.74 Å². The molecule has 26 heavy (non-hydrogen) atoms. The zero-order valence-corrected chi connectivity index (χ0v) is 14.5. The summed E-state index contributed by atoms with van der Waals surface area (Å²) in [5, 5.41) is 6.89. The number of nitrogens with one attached hydrogen (secondary N) is 1. The van der Waals surface area contributed by atoms with Gasteiger partial charge in [0.15, 0.2) is 6.61 Å². The van der Waals surface area contributed by atoms with Crippen molar-refractivity contribution in [2.75, 3.05) is 6.61 Å². The van der Waals surface area contributed by atoms with Crippen molar-refractivity contribution in [1.82, 2.24) is 15.1 Å². The highest BCUT2D eigenvalue weighted by atomic mass is 19.1. The van der Waals surface area contributed by atoms with Gasteiger partial charge in [-0.05, 0) is 25.0 Å². The van der Waals surface area contributed by atoms with Crippen molar-refractivity contribution in [2.45, 2.75) is 44.6 Å². The van der Waals surface area contributed by atoms with Crippen LogP contribution in [-0.4, -0.2) is 34.3 Å². The van der Waals surface area contributed by atoms with E-state index in [0.717, 1.165) is 25.7 Å². The van der Waals surface area contributed by atoms with Crippen molar-refractivity contribution in [3.05, 3.63) is 48.0 Å². The fourth-order valence-corrected chi connectivity index (χ4v) is 3.10. The Labute approximate surface area is 151 Å². The van der Waals surface area contributed by atoms with Gasteiger partial charge in [-0.15, -0.1) is 0 Å². The number of para-hydroxylation sites is 1. The van der Waals surface area contributed by atoms with E-state index in [0.29, 0.717) is 0 Å². The molecule has 0 saturated heterocycles. The van der Waals surface area contributed by atoms with E-state index in [1.54, 1.807) is 18.2 Å². The van der Waals surface area contributed by atoms with Crippen LogP contribution in [0.1, 0.15) is 48.9 Å². The second kappa shape index (κ2) is 8.60. The Bertz CT molecular complexity index is 767. The molecule has 1 heterocycles. The molecule has 1 N–H and O–H groups in total. The van der Waals surface area contributed by atoms with Gasteiger partial charge in [-0.3, -0.25) is 4.79 Å². The molecule has 3 rings (SSSR count). The second-order valence-corrected chi connectivity index (χ2v) is 6.46. The maximum absolute atomic E-state index is 13.8. The number of hydrogen-bond donors (Lipinski definition) is 1. The van der Waals surface area contributed by atoms with Crippen molar-refractivity contribution in [3.63, 3.8) is 0 Å². The highest BCUT2D eigenvalue weighted by molar-refractivity contribution is 5.90. The van der Waals surface area contributed by atoms with Crippen molar-refractivity contribution >= 4 is 11.9 Å². The number of aromatic nitrogens is 2. The quantitative estimate of drug-likeness (QED) is 0.658. The molecule has 0 unspecified atom stereocenters. The topological polar surface area (TPSA) is 73.2 Å². The molecule has 1 aliphatic carbocycles. The van der Waals surface area contributed by atoms with Crippen molar-refractivity contribution < 1.29 is 18.7 Å². The fourth-order valence-electron chi connectivity index (χ4n) is 3.10. The Morgan fingerprint density at radius 3 is 2.65 bits per heavy atom. The number of ether oxygens (including phenoxy) is 1. The number of benzene rings is 1. The van der Waals surface area contributed by atoms with Gasteiger partial charge < -0.3 is 10.1 Å². The van der Waals surface area contributed by atoms with Crippen molar-refractivity contribution in [2.24, 2.45) is 0 Å². The van der Waals surface area contributed by atoms with Gasteiger partial charge >= 0.3 is 5.97 Å². The molecule has 1 fully saturated rings. The molecule has 0 atom stereocenters. The summed E-state index contributed by atoms with van der Waals surface area (Å²) in [6, 6.07) is 6.28. The predicted octanol–water partition coefficient (Wildman–Crippen LogP) is 3.01. The maximum atomic E-state index is 13.8. The summed E-state index contributed by atoms with van der Waals surface area (Å²) in [5.41, 5.74) is 0.396. The fraction of sp³-hybridized carbons (Fsp3) is 0.421. The second-order valence-electron chi connectivity index (χ2n) is 6.46. The monoisotopic (exact) mass is 359 g/mol. The van der Waals surface area contributed by atoms with Gasteiger partial charge in [0.1, 0.15) is 11.5 Å². The van der Waals surface area contributed by atoms with Crippen LogP contribution in [-0.2, 0) is 9.53 Å². The van der Waals surface area contributed by atoms with E-state index in [2.05, 4.69) is 10.4 Å². The lowest BCUT2D eigenvalue weighted by Gasteiger charge is -2.15. The number of esters is 1. The number of hydrogen-bond acceptors (Lipinski definition) is 4. The smallest absolute Gasteiger partial charge is 0.341 e. The molecule has 0 bridgehead atoms. The molecule has 0 radical (unpaired) electrons. The van der Waals surface area contributed by atoms with E-state index in [1.807, 2.05) is 0 Å². The first-order chi connectivity index (χ1) is 12.6. The largest absolute Gasteiger partial charge is 0.452 e. The summed E-state index contributed by atoms with van der Waals surface area (Å²) in [7, 11) is 0. The first-order valence-electron chi connectivity index (χ1n) is 8.89. The van der Waals surface area contributed by atoms with Gasteiger partial charge in [0.05, 0.1) is 11.8 Å². The Balaban J connectivity index is 1.52. The molecule has 0 aliphatic heterocycles. The minimum atomic E-state index is -0.663. The zero-order valence-electron chi connectivity index (χ0n) is 14.5. The van der Waals surface area contributed by atoms with Crippen LogP contribution in [0.2, 0.25) is 0 Å². The van der Waals surface area contributed by atoms with Gasteiger partial charge in [0.2, 0.25) is 0 Å². The molecule has 2 aromatic rings. The highest BCUT2D eigenvalue weighted by Gasteiger charge is 2.17. The molecule has 1 saturated carbocycles. The van der Waals surface area contributed by atoms with Crippen LogP contribution in [0.3, 0.4) is 0 Å². The number of carbonyl (C=O) groups excluding carboxylic acids is 2. The summed E-state index contributed by atoms with van der Waals surface area (Å²) in [6.07, 6.45) is 9.23. The zero-order chi connectivity index (χ0) is 18.4. The summed E-state index contributed by atoms with van der Waals surface area (Å²) < 4.78 is 20.1. The molecular weight excluding hydrogens is 337 g/mol. The van der Waals surface area contributed by atoms with Crippen LogP contribution < -0.4 is 5.32 Å². The average molecular weight is 359 g/mol. The lowest BCUT2D eigenvalue weighted by molar-refractivity contribution is -0.125.